The summed E-state index contributed by atoms with van der Waals surface area (Å²) in [6, 6.07) is 9.37. The Bertz CT molecular complexity index is 964. The zero-order chi connectivity index (χ0) is 22.0. The molecule has 2 atom stereocenters. The maximum Gasteiger partial charge on any atom is 0.350 e. The van der Waals surface area contributed by atoms with Gasteiger partial charge in [0.15, 0.2) is 0 Å². The Morgan fingerprint density at radius 2 is 1.81 bits per heavy atom. The Hall–Kier alpha value is -2.67. The van der Waals surface area contributed by atoms with Crippen LogP contribution in [-0.4, -0.2) is 31.4 Å². The molecule has 4 rings (SSSR count). The summed E-state index contributed by atoms with van der Waals surface area (Å²) in [5.41, 5.74) is 1.40. The smallest absolute Gasteiger partial charge is 0.350 e. The number of ether oxygens (including phenoxy) is 2. The molecular formula is C24H27NO5S. The van der Waals surface area contributed by atoms with Gasteiger partial charge in [0.1, 0.15) is 16.4 Å². The van der Waals surface area contributed by atoms with Gasteiger partial charge in [0, 0.05) is 22.6 Å². The van der Waals surface area contributed by atoms with E-state index in [9.17, 15) is 14.4 Å². The molecule has 2 unspecified atom stereocenters. The van der Waals surface area contributed by atoms with Crippen molar-refractivity contribution in [1.82, 2.24) is 0 Å². The molecule has 0 saturated heterocycles. The number of hydrogen-bond donors (Lipinski definition) is 1. The van der Waals surface area contributed by atoms with Crippen LogP contribution < -0.4 is 10.1 Å². The van der Waals surface area contributed by atoms with E-state index in [-0.39, 0.29) is 30.3 Å². The van der Waals surface area contributed by atoms with Crippen molar-refractivity contribution < 1.29 is 23.9 Å². The fourth-order valence-corrected chi connectivity index (χ4v) is 5.67. The van der Waals surface area contributed by atoms with Crippen molar-refractivity contribution in [2.75, 3.05) is 19.0 Å². The highest BCUT2D eigenvalue weighted by atomic mass is 32.1. The summed E-state index contributed by atoms with van der Waals surface area (Å²) in [7, 11) is 1.61. The van der Waals surface area contributed by atoms with Gasteiger partial charge in [0.2, 0.25) is 5.91 Å². The maximum absolute atomic E-state index is 13.1. The molecule has 1 aromatic heterocycles. The molecule has 164 valence electrons. The zero-order valence-electron chi connectivity index (χ0n) is 17.8. The van der Waals surface area contributed by atoms with Gasteiger partial charge in [-0.1, -0.05) is 6.42 Å². The lowest BCUT2D eigenvalue weighted by atomic mass is 9.67. The van der Waals surface area contributed by atoms with Crippen LogP contribution in [-0.2, 0) is 14.3 Å². The highest BCUT2D eigenvalue weighted by Gasteiger charge is 2.41. The van der Waals surface area contributed by atoms with Gasteiger partial charge in [-0.2, -0.15) is 0 Å². The molecule has 2 fully saturated rings. The van der Waals surface area contributed by atoms with Crippen molar-refractivity contribution in [3.63, 3.8) is 0 Å². The van der Waals surface area contributed by atoms with E-state index in [4.69, 9.17) is 9.47 Å². The predicted molar refractivity (Wildman–Crippen MR) is 119 cm³/mol. The van der Waals surface area contributed by atoms with Gasteiger partial charge < -0.3 is 14.8 Å². The second-order valence-corrected chi connectivity index (χ2v) is 9.24. The van der Waals surface area contributed by atoms with Gasteiger partial charge in [-0.15, -0.1) is 11.3 Å². The van der Waals surface area contributed by atoms with Crippen molar-refractivity contribution in [2.24, 2.45) is 17.8 Å². The number of hydrogen-bond acceptors (Lipinski definition) is 6. The minimum absolute atomic E-state index is 0.00473. The van der Waals surface area contributed by atoms with Gasteiger partial charge >= 0.3 is 5.97 Å². The van der Waals surface area contributed by atoms with Crippen LogP contribution in [0.2, 0.25) is 0 Å². The van der Waals surface area contributed by atoms with Crippen LogP contribution in [0.1, 0.15) is 48.7 Å². The molecule has 0 spiro atoms. The Morgan fingerprint density at radius 1 is 1.13 bits per heavy atom. The standard InChI is InChI=1S/C24H27NO5S/c1-3-30-24(28)22-19(13-20(31-22)14-7-9-18(29-2)10-8-14)25-23(27)17-11-15-5-4-6-16(12-17)21(15)26/h7-10,13,15-17H,3-6,11-12H2,1-2H3,(H,25,27). The Labute approximate surface area is 185 Å². The molecule has 2 aliphatic rings. The first-order valence-electron chi connectivity index (χ1n) is 10.8. The highest BCUT2D eigenvalue weighted by molar-refractivity contribution is 7.18. The van der Waals surface area contributed by atoms with E-state index in [2.05, 4.69) is 5.32 Å². The van der Waals surface area contributed by atoms with Crippen LogP contribution in [0.25, 0.3) is 10.4 Å². The number of carbonyl (C=O) groups is 3. The summed E-state index contributed by atoms with van der Waals surface area (Å²) in [5, 5.41) is 2.97. The first-order chi connectivity index (χ1) is 15.0. The van der Waals surface area contributed by atoms with Crippen molar-refractivity contribution in [3.05, 3.63) is 35.2 Å². The van der Waals surface area contributed by atoms with Crippen LogP contribution >= 0.6 is 11.3 Å². The fourth-order valence-electron chi connectivity index (χ4n) is 4.66. The fraction of sp³-hybridized carbons (Fsp3) is 0.458. The molecule has 6 nitrogen and oxygen atoms in total. The summed E-state index contributed by atoms with van der Waals surface area (Å²) < 4.78 is 10.4. The molecule has 2 bridgehead atoms. The van der Waals surface area contributed by atoms with Gasteiger partial charge in [-0.05, 0) is 68.5 Å². The Morgan fingerprint density at radius 3 is 2.42 bits per heavy atom. The highest BCUT2D eigenvalue weighted by Crippen LogP contribution is 2.41. The number of methoxy groups -OCH3 is 1. The van der Waals surface area contributed by atoms with E-state index in [1.165, 1.54) is 11.3 Å². The third-order valence-electron chi connectivity index (χ3n) is 6.24. The summed E-state index contributed by atoms with van der Waals surface area (Å²) in [4.78, 5) is 39.2. The zero-order valence-corrected chi connectivity index (χ0v) is 18.6. The van der Waals surface area contributed by atoms with Crippen molar-refractivity contribution in [2.45, 2.75) is 39.0 Å². The van der Waals surface area contributed by atoms with Crippen LogP contribution in [0.3, 0.4) is 0 Å². The third-order valence-corrected chi connectivity index (χ3v) is 7.41. The number of rotatable bonds is 6. The first-order valence-corrected chi connectivity index (χ1v) is 11.6. The number of Topliss-reactive ketones (excluding diaryl/α,β-unsaturated/α-hetero) is 1. The van der Waals surface area contributed by atoms with Crippen LogP contribution in [0.15, 0.2) is 30.3 Å². The number of nitrogens with one attached hydrogen (secondary N) is 1. The van der Waals surface area contributed by atoms with Crippen molar-refractivity contribution in [1.29, 1.82) is 0 Å². The number of ketones is 1. The lowest BCUT2D eigenvalue weighted by molar-refractivity contribution is -0.136. The molecule has 7 heteroatoms. The van der Waals surface area contributed by atoms with Crippen LogP contribution in [0, 0.1) is 17.8 Å². The monoisotopic (exact) mass is 441 g/mol. The minimum atomic E-state index is -0.446. The molecule has 0 aliphatic heterocycles. The predicted octanol–water partition coefficient (Wildman–Crippen LogP) is 4.93. The summed E-state index contributed by atoms with van der Waals surface area (Å²) in [6.07, 6.45) is 4.04. The molecule has 2 aromatic rings. The van der Waals surface area contributed by atoms with Crippen molar-refractivity contribution in [3.8, 4) is 16.2 Å². The molecule has 0 radical (unpaired) electrons. The van der Waals surface area contributed by atoms with Crippen LogP contribution in [0.4, 0.5) is 5.69 Å². The number of benzene rings is 1. The van der Waals surface area contributed by atoms with E-state index < -0.39 is 5.97 Å². The number of fused-ring (bicyclic) bond motifs is 2. The molecule has 31 heavy (non-hydrogen) atoms. The normalized spacial score (nSPS) is 22.6. The van der Waals surface area contributed by atoms with Crippen LogP contribution in [0.5, 0.6) is 5.75 Å². The average molecular weight is 442 g/mol. The molecule has 2 aliphatic carbocycles. The number of amides is 1. The molecule has 1 amide bonds. The molecule has 1 N–H and O–H groups in total. The van der Waals surface area contributed by atoms with E-state index in [1.54, 1.807) is 14.0 Å². The topological polar surface area (TPSA) is 81.7 Å². The van der Waals surface area contributed by atoms with E-state index in [0.717, 1.165) is 35.5 Å². The number of anilines is 1. The second-order valence-electron chi connectivity index (χ2n) is 8.19. The van der Waals surface area contributed by atoms with Gasteiger partial charge in [-0.25, -0.2) is 4.79 Å². The maximum atomic E-state index is 13.1. The summed E-state index contributed by atoms with van der Waals surface area (Å²) >= 11 is 1.30. The van der Waals surface area contributed by atoms with Gasteiger partial charge in [0.05, 0.1) is 19.4 Å². The molecule has 2 saturated carbocycles. The first kappa shape index (κ1) is 21.6. The lowest BCUT2D eigenvalue weighted by Gasteiger charge is -2.36. The third kappa shape index (κ3) is 4.51. The van der Waals surface area contributed by atoms with Gasteiger partial charge in [-0.3, -0.25) is 9.59 Å². The molecule has 1 heterocycles. The summed E-state index contributed by atoms with van der Waals surface area (Å²) in [6.45, 7) is 2.02. The SMILES string of the molecule is CCOC(=O)c1sc(-c2ccc(OC)cc2)cc1NC(=O)C1CC2CCCC(C1)C2=O. The molecule has 1 aromatic carbocycles. The summed E-state index contributed by atoms with van der Waals surface area (Å²) in [5.74, 6) is 0.326. The quantitative estimate of drug-likeness (QED) is 0.643. The number of carbonyl (C=O) groups excluding carboxylic acids is 3. The Balaban J connectivity index is 1.57. The van der Waals surface area contributed by atoms with Gasteiger partial charge in [0.25, 0.3) is 0 Å². The Kier molecular flexibility index (Phi) is 6.41. The van der Waals surface area contributed by atoms with E-state index in [1.807, 2.05) is 30.3 Å². The number of thiophene rings is 1. The van der Waals surface area contributed by atoms with Crippen molar-refractivity contribution >= 4 is 34.7 Å². The average Bonchev–Trinajstić information content (AvgIpc) is 3.17. The lowest BCUT2D eigenvalue weighted by Crippen LogP contribution is -2.40. The largest absolute Gasteiger partial charge is 0.497 e. The number of esters is 1. The van der Waals surface area contributed by atoms with E-state index in [0.29, 0.717) is 29.2 Å². The molecular weight excluding hydrogens is 414 g/mol. The minimum Gasteiger partial charge on any atom is -0.497 e. The second kappa shape index (κ2) is 9.22. The van der Waals surface area contributed by atoms with E-state index >= 15 is 0 Å².